The van der Waals surface area contributed by atoms with E-state index in [1.807, 2.05) is 6.07 Å². The number of benzene rings is 1. The van der Waals surface area contributed by atoms with Gasteiger partial charge in [0.05, 0.1) is 19.2 Å². The van der Waals surface area contributed by atoms with Crippen LogP contribution in [-0.2, 0) is 6.54 Å². The van der Waals surface area contributed by atoms with Crippen LogP contribution in [0.4, 0.5) is 0 Å². The molecule has 1 aromatic rings. The highest BCUT2D eigenvalue weighted by atomic mass is 16.5. The molecule has 92 valence electrons. The molecule has 3 nitrogen and oxygen atoms in total. The van der Waals surface area contributed by atoms with Gasteiger partial charge in [-0.3, -0.25) is 0 Å². The number of rotatable bonds is 4. The normalized spacial score (nSPS) is 9.94. The van der Waals surface area contributed by atoms with Crippen LogP contribution in [0.1, 0.15) is 18.1 Å². The SMILES string of the molecule is CCN(C)Cc1ccc(OC)c(C#CCN)c1. The van der Waals surface area contributed by atoms with Crippen molar-refractivity contribution >= 4 is 0 Å². The first-order valence-corrected chi connectivity index (χ1v) is 5.75. The Morgan fingerprint density at radius 2 is 2.18 bits per heavy atom. The lowest BCUT2D eigenvalue weighted by molar-refractivity contribution is 0.345. The van der Waals surface area contributed by atoms with Crippen LogP contribution in [0.25, 0.3) is 0 Å². The molecular weight excluding hydrogens is 212 g/mol. The lowest BCUT2D eigenvalue weighted by atomic mass is 10.1. The minimum Gasteiger partial charge on any atom is -0.495 e. The molecule has 0 spiro atoms. The first kappa shape index (κ1) is 13.6. The number of hydrogen-bond donors (Lipinski definition) is 1. The second-order valence-corrected chi connectivity index (χ2v) is 3.87. The molecule has 2 N–H and O–H groups in total. The van der Waals surface area contributed by atoms with Crippen molar-refractivity contribution in [2.75, 3.05) is 27.2 Å². The van der Waals surface area contributed by atoms with Gasteiger partial charge in [-0.25, -0.2) is 0 Å². The Morgan fingerprint density at radius 3 is 2.76 bits per heavy atom. The third kappa shape index (κ3) is 4.10. The molecular formula is C14H20N2O. The van der Waals surface area contributed by atoms with E-state index in [2.05, 4.69) is 42.8 Å². The Balaban J connectivity index is 2.96. The zero-order valence-electron chi connectivity index (χ0n) is 10.8. The lowest BCUT2D eigenvalue weighted by Crippen LogP contribution is -2.16. The summed E-state index contributed by atoms with van der Waals surface area (Å²) in [6.07, 6.45) is 0. The van der Waals surface area contributed by atoms with E-state index in [1.165, 1.54) is 5.56 Å². The van der Waals surface area contributed by atoms with Crippen LogP contribution in [0.3, 0.4) is 0 Å². The maximum absolute atomic E-state index is 5.39. The summed E-state index contributed by atoms with van der Waals surface area (Å²) < 4.78 is 5.27. The van der Waals surface area contributed by atoms with Gasteiger partial charge in [-0.1, -0.05) is 24.8 Å². The van der Waals surface area contributed by atoms with E-state index in [1.54, 1.807) is 7.11 Å². The lowest BCUT2D eigenvalue weighted by Gasteiger charge is -2.14. The standard InChI is InChI=1S/C14H20N2O/c1-4-16(2)11-12-7-8-14(17-3)13(10-12)6-5-9-15/h7-8,10H,4,9,11,15H2,1-3H3. The van der Waals surface area contributed by atoms with Gasteiger partial charge in [0.15, 0.2) is 0 Å². The topological polar surface area (TPSA) is 38.5 Å². The Labute approximate surface area is 104 Å². The molecule has 0 aromatic heterocycles. The van der Waals surface area contributed by atoms with E-state index >= 15 is 0 Å². The van der Waals surface area contributed by atoms with Crippen molar-refractivity contribution in [2.24, 2.45) is 5.73 Å². The van der Waals surface area contributed by atoms with Gasteiger partial charge in [-0.05, 0) is 31.3 Å². The zero-order valence-corrected chi connectivity index (χ0v) is 10.8. The van der Waals surface area contributed by atoms with Crippen LogP contribution in [0, 0.1) is 11.8 Å². The molecule has 0 aliphatic carbocycles. The van der Waals surface area contributed by atoms with E-state index in [0.29, 0.717) is 6.54 Å². The molecule has 0 atom stereocenters. The van der Waals surface area contributed by atoms with Crippen molar-refractivity contribution < 1.29 is 4.74 Å². The Morgan fingerprint density at radius 1 is 1.41 bits per heavy atom. The van der Waals surface area contributed by atoms with Gasteiger partial charge in [-0.15, -0.1) is 0 Å². The zero-order chi connectivity index (χ0) is 12.7. The van der Waals surface area contributed by atoms with Crippen LogP contribution in [0.2, 0.25) is 0 Å². The molecule has 0 aliphatic rings. The molecule has 0 unspecified atom stereocenters. The summed E-state index contributed by atoms with van der Waals surface area (Å²) in [6, 6.07) is 6.09. The molecule has 0 fully saturated rings. The van der Waals surface area contributed by atoms with Gasteiger partial charge in [0, 0.05) is 6.54 Å². The largest absolute Gasteiger partial charge is 0.495 e. The van der Waals surface area contributed by atoms with Crippen LogP contribution in [0.15, 0.2) is 18.2 Å². The number of hydrogen-bond acceptors (Lipinski definition) is 3. The monoisotopic (exact) mass is 232 g/mol. The highest BCUT2D eigenvalue weighted by Gasteiger charge is 2.03. The maximum atomic E-state index is 5.39. The molecule has 0 bridgehead atoms. The molecule has 0 amide bonds. The van der Waals surface area contributed by atoms with E-state index in [4.69, 9.17) is 10.5 Å². The van der Waals surface area contributed by atoms with E-state index in [-0.39, 0.29) is 0 Å². The van der Waals surface area contributed by atoms with E-state index in [9.17, 15) is 0 Å². The Hall–Kier alpha value is -1.50. The molecule has 0 saturated heterocycles. The third-order valence-corrected chi connectivity index (χ3v) is 2.58. The summed E-state index contributed by atoms with van der Waals surface area (Å²) in [5.74, 6) is 6.69. The number of nitrogens with zero attached hydrogens (tertiary/aromatic N) is 1. The summed E-state index contributed by atoms with van der Waals surface area (Å²) in [5.41, 5.74) is 7.52. The minimum absolute atomic E-state index is 0.363. The van der Waals surface area contributed by atoms with Gasteiger partial charge < -0.3 is 15.4 Å². The number of methoxy groups -OCH3 is 1. The van der Waals surface area contributed by atoms with Crippen molar-refractivity contribution in [3.63, 3.8) is 0 Å². The van der Waals surface area contributed by atoms with Crippen LogP contribution >= 0.6 is 0 Å². The maximum Gasteiger partial charge on any atom is 0.134 e. The van der Waals surface area contributed by atoms with Crippen LogP contribution < -0.4 is 10.5 Å². The molecule has 3 heteroatoms. The molecule has 0 radical (unpaired) electrons. The second-order valence-electron chi connectivity index (χ2n) is 3.87. The van der Waals surface area contributed by atoms with Gasteiger partial charge in [0.1, 0.15) is 5.75 Å². The van der Waals surface area contributed by atoms with Crippen molar-refractivity contribution in [3.8, 4) is 17.6 Å². The molecule has 17 heavy (non-hydrogen) atoms. The fourth-order valence-corrected chi connectivity index (χ4v) is 1.52. The highest BCUT2D eigenvalue weighted by molar-refractivity contribution is 5.48. The van der Waals surface area contributed by atoms with Crippen molar-refractivity contribution in [3.05, 3.63) is 29.3 Å². The molecule has 1 rings (SSSR count). The first-order valence-electron chi connectivity index (χ1n) is 5.75. The molecule has 0 saturated carbocycles. The third-order valence-electron chi connectivity index (χ3n) is 2.58. The summed E-state index contributed by atoms with van der Waals surface area (Å²) in [4.78, 5) is 2.24. The highest BCUT2D eigenvalue weighted by Crippen LogP contribution is 2.19. The van der Waals surface area contributed by atoms with Crippen molar-refractivity contribution in [1.82, 2.24) is 4.90 Å². The summed E-state index contributed by atoms with van der Waals surface area (Å²) in [7, 11) is 3.75. The summed E-state index contributed by atoms with van der Waals surface area (Å²) in [5, 5.41) is 0. The Kier molecular flexibility index (Phi) is 5.55. The smallest absolute Gasteiger partial charge is 0.134 e. The second kappa shape index (κ2) is 6.95. The average Bonchev–Trinajstić information content (AvgIpc) is 2.36. The number of ether oxygens (including phenoxy) is 1. The van der Waals surface area contributed by atoms with Gasteiger partial charge in [0.2, 0.25) is 0 Å². The first-order chi connectivity index (χ1) is 8.21. The fraction of sp³-hybridized carbons (Fsp3) is 0.429. The summed E-state index contributed by atoms with van der Waals surface area (Å²) in [6.45, 7) is 4.44. The molecule has 0 aliphatic heterocycles. The number of nitrogens with two attached hydrogens (primary N) is 1. The molecule has 0 heterocycles. The molecule has 1 aromatic carbocycles. The average molecular weight is 232 g/mol. The fourth-order valence-electron chi connectivity index (χ4n) is 1.52. The Bertz CT molecular complexity index is 418. The van der Waals surface area contributed by atoms with E-state index < -0.39 is 0 Å². The predicted molar refractivity (Wildman–Crippen MR) is 70.9 cm³/mol. The van der Waals surface area contributed by atoms with Gasteiger partial charge >= 0.3 is 0 Å². The minimum atomic E-state index is 0.363. The van der Waals surface area contributed by atoms with Crippen LogP contribution in [-0.4, -0.2) is 32.1 Å². The van der Waals surface area contributed by atoms with Crippen LogP contribution in [0.5, 0.6) is 5.75 Å². The van der Waals surface area contributed by atoms with Crippen molar-refractivity contribution in [1.29, 1.82) is 0 Å². The predicted octanol–water partition coefficient (Wildman–Crippen LogP) is 1.46. The van der Waals surface area contributed by atoms with Gasteiger partial charge in [-0.2, -0.15) is 0 Å². The summed E-state index contributed by atoms with van der Waals surface area (Å²) >= 11 is 0. The van der Waals surface area contributed by atoms with Crippen molar-refractivity contribution in [2.45, 2.75) is 13.5 Å². The van der Waals surface area contributed by atoms with E-state index in [0.717, 1.165) is 24.4 Å². The van der Waals surface area contributed by atoms with Gasteiger partial charge in [0.25, 0.3) is 0 Å². The quantitative estimate of drug-likeness (QED) is 0.799.